The molecule has 3 N–H and O–H groups in total. The standard InChI is InChI=1S/C16H15ClN4O2S/c1-2-13(22)21-16(24)20-11-7-5-10(6-8-11)19-15(23)12-4-3-9-18-14(12)17/h3-9H,2H2,1H3,(H,19,23)(H2,20,21,22,24). The van der Waals surface area contributed by atoms with Gasteiger partial charge in [-0.05, 0) is 48.6 Å². The first-order chi connectivity index (χ1) is 11.5. The van der Waals surface area contributed by atoms with Gasteiger partial charge in [-0.2, -0.15) is 0 Å². The van der Waals surface area contributed by atoms with Crippen LogP contribution in [0.1, 0.15) is 23.7 Å². The van der Waals surface area contributed by atoms with Crippen LogP contribution in [0.25, 0.3) is 0 Å². The molecule has 1 heterocycles. The van der Waals surface area contributed by atoms with E-state index < -0.39 is 0 Å². The smallest absolute Gasteiger partial charge is 0.258 e. The van der Waals surface area contributed by atoms with E-state index in [1.165, 1.54) is 6.20 Å². The molecule has 0 atom stereocenters. The highest BCUT2D eigenvalue weighted by Gasteiger charge is 2.10. The maximum atomic E-state index is 12.1. The van der Waals surface area contributed by atoms with Crippen LogP contribution in [-0.4, -0.2) is 21.9 Å². The molecule has 0 spiro atoms. The van der Waals surface area contributed by atoms with Crippen molar-refractivity contribution >= 4 is 52.1 Å². The highest BCUT2D eigenvalue weighted by atomic mass is 35.5. The van der Waals surface area contributed by atoms with Crippen molar-refractivity contribution in [1.82, 2.24) is 10.3 Å². The Labute approximate surface area is 149 Å². The minimum atomic E-state index is -0.348. The van der Waals surface area contributed by atoms with Crippen LogP contribution in [0.2, 0.25) is 5.15 Å². The Morgan fingerprint density at radius 2 is 1.75 bits per heavy atom. The molecule has 124 valence electrons. The Hall–Kier alpha value is -2.51. The third-order valence-electron chi connectivity index (χ3n) is 2.98. The molecule has 0 saturated carbocycles. The second-order valence-electron chi connectivity index (χ2n) is 4.73. The number of carbonyl (C=O) groups is 2. The quantitative estimate of drug-likeness (QED) is 0.574. The summed E-state index contributed by atoms with van der Waals surface area (Å²) >= 11 is 10.9. The number of hydrogen-bond donors (Lipinski definition) is 3. The normalized spacial score (nSPS) is 9.92. The number of carbonyl (C=O) groups excluding carboxylic acids is 2. The van der Waals surface area contributed by atoms with Crippen molar-refractivity contribution in [2.75, 3.05) is 10.6 Å². The van der Waals surface area contributed by atoms with Gasteiger partial charge in [-0.25, -0.2) is 4.98 Å². The Morgan fingerprint density at radius 3 is 2.33 bits per heavy atom. The van der Waals surface area contributed by atoms with Crippen molar-refractivity contribution < 1.29 is 9.59 Å². The second-order valence-corrected chi connectivity index (χ2v) is 5.50. The topological polar surface area (TPSA) is 83.1 Å². The molecule has 0 aliphatic heterocycles. The number of anilines is 2. The average molecular weight is 363 g/mol. The molecule has 1 aromatic carbocycles. The number of hydrogen-bond acceptors (Lipinski definition) is 4. The molecule has 6 nitrogen and oxygen atoms in total. The van der Waals surface area contributed by atoms with E-state index in [0.29, 0.717) is 23.4 Å². The SMILES string of the molecule is CCC(=O)NC(=S)Nc1ccc(NC(=O)c2cccnc2Cl)cc1. The number of thiocarbonyl (C=S) groups is 1. The minimum Gasteiger partial charge on any atom is -0.332 e. The lowest BCUT2D eigenvalue weighted by atomic mass is 10.2. The van der Waals surface area contributed by atoms with E-state index in [1.807, 2.05) is 0 Å². The molecule has 0 fully saturated rings. The van der Waals surface area contributed by atoms with Crippen LogP contribution in [0, 0.1) is 0 Å². The van der Waals surface area contributed by atoms with Crippen molar-refractivity contribution in [3.8, 4) is 0 Å². The summed E-state index contributed by atoms with van der Waals surface area (Å²) in [5.74, 6) is -0.510. The lowest BCUT2D eigenvalue weighted by Crippen LogP contribution is -2.33. The molecule has 0 bridgehead atoms. The summed E-state index contributed by atoms with van der Waals surface area (Å²) in [4.78, 5) is 27.2. The number of nitrogens with zero attached hydrogens (tertiary/aromatic N) is 1. The zero-order chi connectivity index (χ0) is 17.5. The fraction of sp³-hybridized carbons (Fsp3) is 0.125. The number of aromatic nitrogens is 1. The van der Waals surface area contributed by atoms with E-state index in [1.54, 1.807) is 43.3 Å². The molecular weight excluding hydrogens is 348 g/mol. The average Bonchev–Trinajstić information content (AvgIpc) is 2.56. The van der Waals surface area contributed by atoms with Gasteiger partial charge in [-0.15, -0.1) is 0 Å². The lowest BCUT2D eigenvalue weighted by Gasteiger charge is -2.10. The predicted molar refractivity (Wildman–Crippen MR) is 98.3 cm³/mol. The Morgan fingerprint density at radius 1 is 1.12 bits per heavy atom. The zero-order valence-corrected chi connectivity index (χ0v) is 14.4. The molecule has 0 radical (unpaired) electrons. The lowest BCUT2D eigenvalue weighted by molar-refractivity contribution is -0.119. The van der Waals surface area contributed by atoms with Gasteiger partial charge in [0.2, 0.25) is 5.91 Å². The highest BCUT2D eigenvalue weighted by Crippen LogP contribution is 2.17. The molecule has 2 amide bonds. The van der Waals surface area contributed by atoms with Gasteiger partial charge in [0.25, 0.3) is 5.91 Å². The van der Waals surface area contributed by atoms with Crippen molar-refractivity contribution in [1.29, 1.82) is 0 Å². The molecule has 0 aliphatic rings. The second kappa shape index (κ2) is 8.37. The number of halogens is 1. The summed E-state index contributed by atoms with van der Waals surface area (Å²) < 4.78 is 0. The molecular formula is C16H15ClN4O2S. The van der Waals surface area contributed by atoms with Gasteiger partial charge in [-0.3, -0.25) is 9.59 Å². The maximum absolute atomic E-state index is 12.1. The van der Waals surface area contributed by atoms with E-state index >= 15 is 0 Å². The van der Waals surface area contributed by atoms with Gasteiger partial charge in [0.15, 0.2) is 5.11 Å². The molecule has 0 aliphatic carbocycles. The van der Waals surface area contributed by atoms with Crippen LogP contribution in [0.15, 0.2) is 42.6 Å². The predicted octanol–water partition coefficient (Wildman–Crippen LogP) is 3.21. The van der Waals surface area contributed by atoms with Gasteiger partial charge >= 0.3 is 0 Å². The Balaban J connectivity index is 1.97. The van der Waals surface area contributed by atoms with Gasteiger partial charge in [-0.1, -0.05) is 18.5 Å². The monoisotopic (exact) mass is 362 g/mol. The van der Waals surface area contributed by atoms with Crippen molar-refractivity contribution in [3.63, 3.8) is 0 Å². The summed E-state index contributed by atoms with van der Waals surface area (Å²) in [7, 11) is 0. The van der Waals surface area contributed by atoms with Crippen LogP contribution < -0.4 is 16.0 Å². The van der Waals surface area contributed by atoms with Crippen LogP contribution in [0.4, 0.5) is 11.4 Å². The third-order valence-corrected chi connectivity index (χ3v) is 3.48. The molecule has 0 saturated heterocycles. The number of amides is 2. The molecule has 24 heavy (non-hydrogen) atoms. The first-order valence-electron chi connectivity index (χ1n) is 7.12. The van der Waals surface area contributed by atoms with Crippen LogP contribution in [0.5, 0.6) is 0 Å². The Bertz CT molecular complexity index is 765. The number of benzene rings is 1. The van der Waals surface area contributed by atoms with Crippen molar-refractivity contribution in [3.05, 3.63) is 53.3 Å². The highest BCUT2D eigenvalue weighted by molar-refractivity contribution is 7.80. The fourth-order valence-corrected chi connectivity index (χ4v) is 2.20. The van der Waals surface area contributed by atoms with Crippen LogP contribution in [0.3, 0.4) is 0 Å². The summed E-state index contributed by atoms with van der Waals surface area (Å²) in [6.45, 7) is 1.74. The molecule has 0 unspecified atom stereocenters. The molecule has 2 aromatic rings. The maximum Gasteiger partial charge on any atom is 0.258 e. The van der Waals surface area contributed by atoms with Gasteiger partial charge < -0.3 is 16.0 Å². The summed E-state index contributed by atoms with van der Waals surface area (Å²) in [5, 5.41) is 8.52. The van der Waals surface area contributed by atoms with Crippen LogP contribution in [-0.2, 0) is 4.79 Å². The molecule has 2 rings (SSSR count). The van der Waals surface area contributed by atoms with Crippen LogP contribution >= 0.6 is 23.8 Å². The number of rotatable bonds is 4. The van der Waals surface area contributed by atoms with Gasteiger partial charge in [0.1, 0.15) is 5.15 Å². The van der Waals surface area contributed by atoms with E-state index in [-0.39, 0.29) is 22.1 Å². The van der Waals surface area contributed by atoms with Crippen molar-refractivity contribution in [2.24, 2.45) is 0 Å². The van der Waals surface area contributed by atoms with Gasteiger partial charge in [0, 0.05) is 24.0 Å². The summed E-state index contributed by atoms with van der Waals surface area (Å²) in [6.07, 6.45) is 1.86. The van der Waals surface area contributed by atoms with Gasteiger partial charge in [0.05, 0.1) is 5.56 Å². The van der Waals surface area contributed by atoms with E-state index in [0.717, 1.165) is 0 Å². The van der Waals surface area contributed by atoms with E-state index in [2.05, 4.69) is 20.9 Å². The molecule has 8 heteroatoms. The molecule has 1 aromatic heterocycles. The van der Waals surface area contributed by atoms with E-state index in [4.69, 9.17) is 23.8 Å². The fourth-order valence-electron chi connectivity index (χ4n) is 1.77. The summed E-state index contributed by atoms with van der Waals surface area (Å²) in [5.41, 5.74) is 1.58. The minimum absolute atomic E-state index is 0.144. The number of pyridine rings is 1. The first-order valence-corrected chi connectivity index (χ1v) is 7.91. The number of nitrogens with one attached hydrogen (secondary N) is 3. The summed E-state index contributed by atoms with van der Waals surface area (Å²) in [6, 6.07) is 10.1. The largest absolute Gasteiger partial charge is 0.332 e. The first kappa shape index (κ1) is 17.8. The third kappa shape index (κ3) is 5.00. The Kier molecular flexibility index (Phi) is 6.22. The zero-order valence-electron chi connectivity index (χ0n) is 12.8. The van der Waals surface area contributed by atoms with E-state index in [9.17, 15) is 9.59 Å². The van der Waals surface area contributed by atoms with Crippen molar-refractivity contribution in [2.45, 2.75) is 13.3 Å².